The van der Waals surface area contributed by atoms with Gasteiger partial charge in [0.25, 0.3) is 0 Å². The third kappa shape index (κ3) is 5.57. The Bertz CT molecular complexity index is 986. The Hall–Kier alpha value is -2.34. The second kappa shape index (κ2) is 9.04. The average molecular weight is 419 g/mol. The molecule has 27 heavy (non-hydrogen) atoms. The first-order valence-electron chi connectivity index (χ1n) is 8.08. The molecule has 138 valence electrons. The molecule has 0 bridgehead atoms. The Balaban J connectivity index is 1.61. The van der Waals surface area contributed by atoms with Crippen LogP contribution in [0.25, 0.3) is 6.08 Å². The summed E-state index contributed by atoms with van der Waals surface area (Å²) in [5.41, 5.74) is 2.21. The third-order valence-electron chi connectivity index (χ3n) is 3.55. The van der Waals surface area contributed by atoms with Crippen molar-refractivity contribution in [1.29, 1.82) is 0 Å². The van der Waals surface area contributed by atoms with Crippen molar-refractivity contribution < 1.29 is 9.53 Å². The van der Waals surface area contributed by atoms with Crippen LogP contribution in [0.3, 0.4) is 0 Å². The SMILES string of the molecule is Cc1nc(COc2cccc(/C=C/C(=O)Nc3cccc(Cl)c3Cl)c2)cs1. The van der Waals surface area contributed by atoms with Gasteiger partial charge in [0.05, 0.1) is 26.4 Å². The van der Waals surface area contributed by atoms with E-state index in [0.29, 0.717) is 28.1 Å². The van der Waals surface area contributed by atoms with Crippen molar-refractivity contribution in [1.82, 2.24) is 4.98 Å². The van der Waals surface area contributed by atoms with Gasteiger partial charge in [-0.25, -0.2) is 4.98 Å². The van der Waals surface area contributed by atoms with E-state index < -0.39 is 0 Å². The number of nitrogens with zero attached hydrogens (tertiary/aromatic N) is 1. The van der Waals surface area contributed by atoms with Gasteiger partial charge < -0.3 is 10.1 Å². The summed E-state index contributed by atoms with van der Waals surface area (Å²) in [6.45, 7) is 2.37. The van der Waals surface area contributed by atoms with Crippen LogP contribution in [0.5, 0.6) is 5.75 Å². The van der Waals surface area contributed by atoms with Gasteiger partial charge in [-0.3, -0.25) is 4.79 Å². The molecule has 1 N–H and O–H groups in total. The van der Waals surface area contributed by atoms with Crippen LogP contribution in [-0.2, 0) is 11.4 Å². The van der Waals surface area contributed by atoms with E-state index in [1.165, 1.54) is 6.08 Å². The quantitative estimate of drug-likeness (QED) is 0.500. The van der Waals surface area contributed by atoms with Crippen molar-refractivity contribution in [3.63, 3.8) is 0 Å². The molecule has 0 aliphatic carbocycles. The average Bonchev–Trinajstić information content (AvgIpc) is 3.08. The van der Waals surface area contributed by atoms with Crippen molar-refractivity contribution in [2.24, 2.45) is 0 Å². The van der Waals surface area contributed by atoms with Crippen molar-refractivity contribution in [2.45, 2.75) is 13.5 Å². The first kappa shape index (κ1) is 19.4. The molecule has 1 amide bonds. The molecule has 2 aromatic carbocycles. The number of nitrogens with one attached hydrogen (secondary N) is 1. The number of aromatic nitrogens is 1. The molecule has 4 nitrogen and oxygen atoms in total. The first-order valence-corrected chi connectivity index (χ1v) is 9.72. The summed E-state index contributed by atoms with van der Waals surface area (Å²) in [5.74, 6) is 0.407. The van der Waals surface area contributed by atoms with Crippen molar-refractivity contribution in [3.05, 3.63) is 80.2 Å². The molecule has 0 radical (unpaired) electrons. The summed E-state index contributed by atoms with van der Waals surface area (Å²) in [5, 5.41) is 6.39. The van der Waals surface area contributed by atoms with Gasteiger partial charge in [-0.15, -0.1) is 11.3 Å². The smallest absolute Gasteiger partial charge is 0.248 e. The van der Waals surface area contributed by atoms with Crippen LogP contribution in [0.2, 0.25) is 10.0 Å². The van der Waals surface area contributed by atoms with Crippen LogP contribution in [0.15, 0.2) is 53.9 Å². The number of carbonyl (C=O) groups is 1. The molecule has 0 spiro atoms. The fraction of sp³-hybridized carbons (Fsp3) is 0.100. The van der Waals surface area contributed by atoms with Crippen LogP contribution in [0.4, 0.5) is 5.69 Å². The summed E-state index contributed by atoms with van der Waals surface area (Å²) in [4.78, 5) is 16.5. The molecule has 1 aromatic heterocycles. The summed E-state index contributed by atoms with van der Waals surface area (Å²) in [6.07, 6.45) is 3.13. The predicted octanol–water partition coefficient (Wildman–Crippen LogP) is 5.99. The Morgan fingerprint density at radius 3 is 2.85 bits per heavy atom. The minimum Gasteiger partial charge on any atom is -0.487 e. The normalized spacial score (nSPS) is 10.9. The second-order valence-corrected chi connectivity index (χ2v) is 7.49. The Labute approximate surface area is 171 Å². The van der Waals surface area contributed by atoms with Crippen LogP contribution in [0.1, 0.15) is 16.3 Å². The van der Waals surface area contributed by atoms with E-state index in [9.17, 15) is 4.79 Å². The minimum absolute atomic E-state index is 0.302. The highest BCUT2D eigenvalue weighted by Crippen LogP contribution is 2.29. The number of halogens is 2. The molecular weight excluding hydrogens is 403 g/mol. The fourth-order valence-corrected chi connectivity index (χ4v) is 3.23. The standard InChI is InChI=1S/C20H16Cl2N2O2S/c1-13-23-15(12-27-13)11-26-16-5-2-4-14(10-16)8-9-19(25)24-18-7-3-6-17(21)20(18)22/h2-10,12H,11H2,1H3,(H,24,25)/b9-8+. The lowest BCUT2D eigenvalue weighted by Crippen LogP contribution is -2.08. The maximum atomic E-state index is 12.1. The van der Waals surface area contributed by atoms with Crippen LogP contribution in [0, 0.1) is 6.92 Å². The number of amides is 1. The molecule has 3 rings (SSSR count). The number of thiazole rings is 1. The van der Waals surface area contributed by atoms with E-state index in [4.69, 9.17) is 27.9 Å². The Morgan fingerprint density at radius 1 is 1.26 bits per heavy atom. The van der Waals surface area contributed by atoms with Crippen molar-refractivity contribution in [2.75, 3.05) is 5.32 Å². The molecule has 3 aromatic rings. The molecule has 0 unspecified atom stereocenters. The van der Waals surface area contributed by atoms with Crippen molar-refractivity contribution in [3.8, 4) is 5.75 Å². The number of hydrogen-bond acceptors (Lipinski definition) is 4. The van der Waals surface area contributed by atoms with Crippen LogP contribution >= 0.6 is 34.5 Å². The summed E-state index contributed by atoms with van der Waals surface area (Å²) in [7, 11) is 0. The van der Waals surface area contributed by atoms with Gasteiger partial charge in [0.15, 0.2) is 0 Å². The van der Waals surface area contributed by atoms with E-state index in [-0.39, 0.29) is 5.91 Å². The van der Waals surface area contributed by atoms with E-state index in [1.807, 2.05) is 36.6 Å². The number of anilines is 1. The number of benzene rings is 2. The molecule has 0 saturated heterocycles. The van der Waals surface area contributed by atoms with Crippen LogP contribution in [-0.4, -0.2) is 10.9 Å². The summed E-state index contributed by atoms with van der Waals surface area (Å²) in [6, 6.07) is 12.5. The van der Waals surface area contributed by atoms with E-state index in [0.717, 1.165) is 16.3 Å². The lowest BCUT2D eigenvalue weighted by Gasteiger charge is -2.06. The number of ether oxygens (including phenoxy) is 1. The van der Waals surface area contributed by atoms with Crippen LogP contribution < -0.4 is 10.1 Å². The molecule has 0 fully saturated rings. The van der Waals surface area contributed by atoms with Crippen molar-refractivity contribution >= 4 is 52.2 Å². The zero-order valence-corrected chi connectivity index (χ0v) is 16.7. The first-order chi connectivity index (χ1) is 13.0. The van der Waals surface area contributed by atoms with E-state index in [2.05, 4.69) is 10.3 Å². The van der Waals surface area contributed by atoms with E-state index >= 15 is 0 Å². The fourth-order valence-electron chi connectivity index (χ4n) is 2.29. The lowest BCUT2D eigenvalue weighted by atomic mass is 10.2. The van der Waals surface area contributed by atoms with Gasteiger partial charge in [0, 0.05) is 11.5 Å². The summed E-state index contributed by atoms with van der Waals surface area (Å²) < 4.78 is 5.76. The number of hydrogen-bond donors (Lipinski definition) is 1. The topological polar surface area (TPSA) is 51.2 Å². The largest absolute Gasteiger partial charge is 0.487 e. The molecule has 7 heteroatoms. The molecular formula is C20H16Cl2N2O2S. The van der Waals surface area contributed by atoms with Gasteiger partial charge in [0.1, 0.15) is 12.4 Å². The Morgan fingerprint density at radius 2 is 2.07 bits per heavy atom. The summed E-state index contributed by atoms with van der Waals surface area (Å²) >= 11 is 13.6. The lowest BCUT2D eigenvalue weighted by molar-refractivity contribution is -0.111. The second-order valence-electron chi connectivity index (χ2n) is 5.64. The Kier molecular flexibility index (Phi) is 6.50. The minimum atomic E-state index is -0.302. The van der Waals surface area contributed by atoms with Gasteiger partial charge in [-0.1, -0.05) is 41.4 Å². The maximum Gasteiger partial charge on any atom is 0.248 e. The highest BCUT2D eigenvalue weighted by atomic mass is 35.5. The highest BCUT2D eigenvalue weighted by Gasteiger charge is 2.06. The van der Waals surface area contributed by atoms with Gasteiger partial charge in [0.2, 0.25) is 5.91 Å². The van der Waals surface area contributed by atoms with Gasteiger partial charge in [-0.2, -0.15) is 0 Å². The zero-order valence-electron chi connectivity index (χ0n) is 14.4. The number of aryl methyl sites for hydroxylation is 1. The molecule has 1 heterocycles. The molecule has 0 aliphatic heterocycles. The molecule has 0 atom stereocenters. The molecule has 0 saturated carbocycles. The predicted molar refractivity (Wildman–Crippen MR) is 112 cm³/mol. The van der Waals surface area contributed by atoms with Gasteiger partial charge in [-0.05, 0) is 42.8 Å². The zero-order chi connectivity index (χ0) is 19.2. The monoisotopic (exact) mass is 418 g/mol. The van der Waals surface area contributed by atoms with E-state index in [1.54, 1.807) is 35.6 Å². The van der Waals surface area contributed by atoms with Gasteiger partial charge >= 0.3 is 0 Å². The number of rotatable bonds is 6. The third-order valence-corrected chi connectivity index (χ3v) is 5.19. The highest BCUT2D eigenvalue weighted by molar-refractivity contribution is 7.09. The number of carbonyl (C=O) groups excluding carboxylic acids is 1. The molecule has 0 aliphatic rings. The maximum absolute atomic E-state index is 12.1.